The smallest absolute Gasteiger partial charge is 0.299 e. The lowest BCUT2D eigenvalue weighted by Gasteiger charge is -2.53. The zero-order valence-corrected chi connectivity index (χ0v) is 17.3. The van der Waals surface area contributed by atoms with Crippen molar-refractivity contribution in [3.63, 3.8) is 0 Å². The molecule has 2 saturated heterocycles. The summed E-state index contributed by atoms with van der Waals surface area (Å²) in [6.07, 6.45) is -0.988. The van der Waals surface area contributed by atoms with Gasteiger partial charge in [-0.15, -0.1) is 0 Å². The van der Waals surface area contributed by atoms with Crippen molar-refractivity contribution in [2.45, 2.75) is 49.4 Å². The Bertz CT molecular complexity index is 967. The first-order valence-electron chi connectivity index (χ1n) is 10.6. The molecule has 0 radical (unpaired) electrons. The largest absolute Gasteiger partial charge is 0.453 e. The minimum absolute atomic E-state index is 0.0175. The third-order valence-corrected chi connectivity index (χ3v) is 8.07. The van der Waals surface area contributed by atoms with Crippen LogP contribution in [-0.2, 0) is 24.5 Å². The number of ether oxygens (including phenoxy) is 3. The number of para-hydroxylation sites is 1. The molecule has 5 aliphatic rings. The van der Waals surface area contributed by atoms with Crippen LogP contribution in [0, 0.1) is 11.8 Å². The highest BCUT2D eigenvalue weighted by atomic mass is 16.7. The lowest BCUT2D eigenvalue weighted by Crippen LogP contribution is -2.74. The summed E-state index contributed by atoms with van der Waals surface area (Å²) in [5.74, 6) is -0.521. The van der Waals surface area contributed by atoms with Crippen LogP contribution in [0.1, 0.15) is 25.3 Å². The third kappa shape index (κ3) is 1.84. The van der Waals surface area contributed by atoms with E-state index in [9.17, 15) is 14.7 Å². The molecule has 1 spiro atoms. The van der Waals surface area contributed by atoms with Gasteiger partial charge in [-0.2, -0.15) is 0 Å². The number of Topliss-reactive ketones (excluding diaryl/α,β-unsaturated/α-hetero) is 1. The Morgan fingerprint density at radius 2 is 2.07 bits per heavy atom. The molecule has 1 aliphatic carbocycles. The molecule has 4 aliphatic heterocycles. The minimum atomic E-state index is -1.81. The van der Waals surface area contributed by atoms with Gasteiger partial charge in [0.1, 0.15) is 17.3 Å². The highest BCUT2D eigenvalue weighted by Crippen LogP contribution is 2.66. The normalized spacial score (nSPS) is 44.3. The van der Waals surface area contributed by atoms with E-state index < -0.39 is 29.4 Å². The number of anilines is 1. The van der Waals surface area contributed by atoms with E-state index in [0.29, 0.717) is 30.0 Å². The van der Waals surface area contributed by atoms with Crippen LogP contribution in [0.25, 0.3) is 0 Å². The first kappa shape index (κ1) is 18.7. The van der Waals surface area contributed by atoms with E-state index in [0.717, 1.165) is 13.0 Å². The highest BCUT2D eigenvalue weighted by Gasteiger charge is 2.79. The predicted molar refractivity (Wildman–Crippen MR) is 105 cm³/mol. The van der Waals surface area contributed by atoms with E-state index >= 15 is 0 Å². The monoisotopic (exact) mass is 414 g/mol. The molecule has 160 valence electrons. The van der Waals surface area contributed by atoms with Gasteiger partial charge in [0.15, 0.2) is 11.5 Å². The number of carbonyl (C=O) groups excluding carboxylic acids is 2. The van der Waals surface area contributed by atoms with E-state index in [1.165, 1.54) is 12.0 Å². The number of hydrogen-bond donors (Lipinski definition) is 1. The standard InChI is InChI=1S/C22H26N2O6/c1-11-15-12-7-9-23(2)10-8-21(17(15)25)13-5-4-6-14-16(13)24(19(26)20(28-3)30-14)22(21,27)18(12)29-11/h4-6,11-12,15,18,20,27H,7-10H2,1-3H3. The lowest BCUT2D eigenvalue weighted by molar-refractivity contribution is -0.180. The molecule has 7 atom stereocenters. The number of carbonyl (C=O) groups is 2. The van der Waals surface area contributed by atoms with Crippen LogP contribution in [0.2, 0.25) is 0 Å². The van der Waals surface area contributed by atoms with E-state index in [1.807, 2.05) is 26.1 Å². The van der Waals surface area contributed by atoms with Gasteiger partial charge in [-0.3, -0.25) is 14.5 Å². The molecule has 4 bridgehead atoms. The second-order valence-electron chi connectivity index (χ2n) is 9.30. The van der Waals surface area contributed by atoms with Gasteiger partial charge in [-0.25, -0.2) is 0 Å². The molecule has 1 aromatic carbocycles. The third-order valence-electron chi connectivity index (χ3n) is 8.07. The predicted octanol–water partition coefficient (Wildman–Crippen LogP) is 0.653. The molecule has 3 fully saturated rings. The molecule has 30 heavy (non-hydrogen) atoms. The SMILES string of the molecule is COC1Oc2cccc3c2N(C1=O)C1(O)C2OC(C)C4C(=O)C31CCN(C)CCC42. The number of amides is 1. The fraction of sp³-hybridized carbons (Fsp3) is 0.636. The van der Waals surface area contributed by atoms with Crippen molar-refractivity contribution in [3.8, 4) is 5.75 Å². The number of hydrogen-bond acceptors (Lipinski definition) is 7. The summed E-state index contributed by atoms with van der Waals surface area (Å²) in [6.45, 7) is 3.36. The Morgan fingerprint density at radius 1 is 1.27 bits per heavy atom. The number of rotatable bonds is 1. The minimum Gasteiger partial charge on any atom is -0.453 e. The summed E-state index contributed by atoms with van der Waals surface area (Å²) < 4.78 is 17.4. The summed E-state index contributed by atoms with van der Waals surface area (Å²) in [6, 6.07) is 5.42. The second kappa shape index (κ2) is 5.82. The zero-order chi connectivity index (χ0) is 21.0. The number of aliphatic hydroxyl groups is 1. The summed E-state index contributed by atoms with van der Waals surface area (Å²) in [5, 5.41) is 12.5. The van der Waals surface area contributed by atoms with E-state index in [1.54, 1.807) is 6.07 Å². The lowest BCUT2D eigenvalue weighted by atomic mass is 9.55. The number of nitrogens with zero attached hydrogens (tertiary/aromatic N) is 2. The van der Waals surface area contributed by atoms with Crippen LogP contribution in [0.4, 0.5) is 5.69 Å². The van der Waals surface area contributed by atoms with Crippen molar-refractivity contribution in [2.24, 2.45) is 11.8 Å². The van der Waals surface area contributed by atoms with E-state index in [2.05, 4.69) is 4.90 Å². The van der Waals surface area contributed by atoms with Gasteiger partial charge in [0.05, 0.1) is 17.7 Å². The van der Waals surface area contributed by atoms with Crippen molar-refractivity contribution in [1.82, 2.24) is 4.90 Å². The Balaban J connectivity index is 1.68. The molecule has 8 heteroatoms. The van der Waals surface area contributed by atoms with Gasteiger partial charge < -0.3 is 24.2 Å². The van der Waals surface area contributed by atoms with Crippen LogP contribution in [0.3, 0.4) is 0 Å². The highest BCUT2D eigenvalue weighted by molar-refractivity contribution is 6.10. The first-order valence-corrected chi connectivity index (χ1v) is 10.6. The van der Waals surface area contributed by atoms with Crippen molar-refractivity contribution in [3.05, 3.63) is 23.8 Å². The van der Waals surface area contributed by atoms with Crippen LogP contribution in [0.5, 0.6) is 5.75 Å². The van der Waals surface area contributed by atoms with E-state index in [-0.39, 0.29) is 23.7 Å². The quantitative estimate of drug-likeness (QED) is 0.722. The van der Waals surface area contributed by atoms with Gasteiger partial charge >= 0.3 is 0 Å². The van der Waals surface area contributed by atoms with Crippen molar-refractivity contribution in [1.29, 1.82) is 0 Å². The Morgan fingerprint density at radius 3 is 2.83 bits per heavy atom. The summed E-state index contributed by atoms with van der Waals surface area (Å²) >= 11 is 0. The Labute approximate surface area is 174 Å². The average Bonchev–Trinajstić information content (AvgIpc) is 3.18. The molecule has 1 N–H and O–H groups in total. The maximum Gasteiger partial charge on any atom is 0.299 e. The maximum atomic E-state index is 14.2. The number of ketones is 1. The zero-order valence-electron chi connectivity index (χ0n) is 17.3. The first-order chi connectivity index (χ1) is 14.4. The average molecular weight is 414 g/mol. The Hall–Kier alpha value is -2.00. The molecule has 1 aromatic rings. The molecule has 7 unspecified atom stereocenters. The van der Waals surface area contributed by atoms with Gasteiger partial charge in [-0.05, 0) is 51.5 Å². The fourth-order valence-corrected chi connectivity index (χ4v) is 6.79. The molecular weight excluding hydrogens is 388 g/mol. The van der Waals surface area contributed by atoms with Gasteiger partial charge in [0.2, 0.25) is 0 Å². The maximum absolute atomic E-state index is 14.2. The van der Waals surface area contributed by atoms with Crippen molar-refractivity contribution < 1.29 is 28.9 Å². The van der Waals surface area contributed by atoms with Crippen LogP contribution in [-0.4, -0.2) is 73.2 Å². The number of fused-ring (bicyclic) bond motifs is 2. The molecule has 4 heterocycles. The molecule has 8 nitrogen and oxygen atoms in total. The fourth-order valence-electron chi connectivity index (χ4n) is 6.79. The Kier molecular flexibility index (Phi) is 3.64. The molecule has 1 saturated carbocycles. The van der Waals surface area contributed by atoms with Crippen LogP contribution >= 0.6 is 0 Å². The summed E-state index contributed by atoms with van der Waals surface area (Å²) in [4.78, 5) is 31.3. The molecule has 6 rings (SSSR count). The molecular formula is C22H26N2O6. The summed E-state index contributed by atoms with van der Waals surface area (Å²) in [7, 11) is 3.43. The van der Waals surface area contributed by atoms with Gasteiger partial charge in [0.25, 0.3) is 12.2 Å². The van der Waals surface area contributed by atoms with Crippen molar-refractivity contribution >= 4 is 17.4 Å². The van der Waals surface area contributed by atoms with Gasteiger partial charge in [0, 0.05) is 13.0 Å². The van der Waals surface area contributed by atoms with Crippen LogP contribution < -0.4 is 9.64 Å². The second-order valence-corrected chi connectivity index (χ2v) is 9.30. The number of benzene rings is 1. The van der Waals surface area contributed by atoms with E-state index in [4.69, 9.17) is 14.2 Å². The topological polar surface area (TPSA) is 88.5 Å². The van der Waals surface area contributed by atoms with Gasteiger partial charge in [-0.1, -0.05) is 12.1 Å². The summed E-state index contributed by atoms with van der Waals surface area (Å²) in [5.41, 5.74) is -1.92. The van der Waals surface area contributed by atoms with Crippen LogP contribution in [0.15, 0.2) is 18.2 Å². The van der Waals surface area contributed by atoms with Crippen molar-refractivity contribution in [2.75, 3.05) is 32.1 Å². The number of methoxy groups -OCH3 is 1. The molecule has 0 aromatic heterocycles. The molecule has 1 amide bonds.